The zero-order valence-electron chi connectivity index (χ0n) is 19.0. The molecular weight excluding hydrogens is 453 g/mol. The molecule has 1 amide bonds. The molecule has 36 heavy (non-hydrogen) atoms. The lowest BCUT2D eigenvalue weighted by Gasteiger charge is -2.12. The molecule has 0 aliphatic rings. The van der Waals surface area contributed by atoms with Crippen LogP contribution < -0.4 is 16.0 Å². The van der Waals surface area contributed by atoms with Gasteiger partial charge in [0.2, 0.25) is 0 Å². The third-order valence-corrected chi connectivity index (χ3v) is 5.49. The number of nitriles is 1. The molecule has 0 unspecified atom stereocenters. The Morgan fingerprint density at radius 1 is 0.778 bits per heavy atom. The van der Waals surface area contributed by atoms with E-state index in [-0.39, 0.29) is 5.56 Å². The topological polar surface area (TPSA) is 89.8 Å². The predicted molar refractivity (Wildman–Crippen MR) is 140 cm³/mol. The van der Waals surface area contributed by atoms with Crippen molar-refractivity contribution in [2.24, 2.45) is 0 Å². The van der Waals surface area contributed by atoms with Crippen LogP contribution in [0.15, 0.2) is 103 Å². The maximum atomic E-state index is 14.5. The van der Waals surface area contributed by atoms with Crippen molar-refractivity contribution >= 4 is 45.2 Å². The van der Waals surface area contributed by atoms with Crippen LogP contribution in [0.25, 0.3) is 10.9 Å². The first-order chi connectivity index (χ1) is 17.6. The summed E-state index contributed by atoms with van der Waals surface area (Å²) >= 11 is 0. The van der Waals surface area contributed by atoms with E-state index in [0.29, 0.717) is 28.1 Å². The van der Waals surface area contributed by atoms with E-state index in [1.807, 2.05) is 42.5 Å². The molecule has 0 spiro atoms. The van der Waals surface area contributed by atoms with Gasteiger partial charge in [-0.25, -0.2) is 4.39 Å². The molecule has 174 valence electrons. The standard InChI is InChI=1S/C29H20FN5O/c30-21-14-20(29(36)35-24-8-4-7-23(17-24)33-22-5-2-1-3-6-22)15-25(16-21)34-28-11-12-32-27-10-9-19(18-31)13-26(27)28/h1-17,33H,(H,32,34)(H,35,36). The molecule has 0 radical (unpaired) electrons. The first kappa shape index (κ1) is 22.6. The molecule has 1 heterocycles. The van der Waals surface area contributed by atoms with E-state index in [9.17, 15) is 14.4 Å². The Labute approximate surface area is 207 Å². The predicted octanol–water partition coefficient (Wildman–Crippen LogP) is 6.99. The molecule has 7 heteroatoms. The van der Waals surface area contributed by atoms with Gasteiger partial charge in [0, 0.05) is 45.6 Å². The van der Waals surface area contributed by atoms with E-state index >= 15 is 0 Å². The van der Waals surface area contributed by atoms with Gasteiger partial charge in [-0.2, -0.15) is 5.26 Å². The summed E-state index contributed by atoms with van der Waals surface area (Å²) in [4.78, 5) is 17.3. The van der Waals surface area contributed by atoms with Crippen LogP contribution in [0, 0.1) is 17.1 Å². The third kappa shape index (κ3) is 5.13. The van der Waals surface area contributed by atoms with Crippen molar-refractivity contribution in [3.05, 3.63) is 120 Å². The van der Waals surface area contributed by atoms with Gasteiger partial charge in [0.05, 0.1) is 17.1 Å². The molecule has 0 saturated heterocycles. The van der Waals surface area contributed by atoms with Gasteiger partial charge in [0.15, 0.2) is 0 Å². The quantitative estimate of drug-likeness (QED) is 0.247. The van der Waals surface area contributed by atoms with E-state index in [4.69, 9.17) is 0 Å². The van der Waals surface area contributed by atoms with Crippen molar-refractivity contribution in [3.8, 4) is 6.07 Å². The lowest BCUT2D eigenvalue weighted by molar-refractivity contribution is 0.102. The van der Waals surface area contributed by atoms with Crippen LogP contribution in [-0.4, -0.2) is 10.9 Å². The number of nitrogens with zero attached hydrogens (tertiary/aromatic N) is 2. The highest BCUT2D eigenvalue weighted by Gasteiger charge is 2.12. The van der Waals surface area contributed by atoms with Crippen molar-refractivity contribution in [3.63, 3.8) is 0 Å². The maximum Gasteiger partial charge on any atom is 0.255 e. The van der Waals surface area contributed by atoms with Gasteiger partial charge in [0.25, 0.3) is 5.91 Å². The first-order valence-electron chi connectivity index (χ1n) is 11.2. The van der Waals surface area contributed by atoms with Crippen molar-refractivity contribution in [2.75, 3.05) is 16.0 Å². The van der Waals surface area contributed by atoms with E-state index in [0.717, 1.165) is 16.8 Å². The highest BCUT2D eigenvalue weighted by molar-refractivity contribution is 6.05. The van der Waals surface area contributed by atoms with Gasteiger partial charge in [-0.3, -0.25) is 9.78 Å². The lowest BCUT2D eigenvalue weighted by Crippen LogP contribution is -2.12. The minimum absolute atomic E-state index is 0.162. The van der Waals surface area contributed by atoms with E-state index in [1.54, 1.807) is 48.7 Å². The van der Waals surface area contributed by atoms with Crippen LogP contribution in [0.2, 0.25) is 0 Å². The summed E-state index contributed by atoms with van der Waals surface area (Å²) < 4.78 is 14.5. The second-order valence-corrected chi connectivity index (χ2v) is 8.08. The van der Waals surface area contributed by atoms with Crippen LogP contribution in [0.3, 0.4) is 0 Å². The molecule has 4 aromatic carbocycles. The molecule has 0 aliphatic heterocycles. The third-order valence-electron chi connectivity index (χ3n) is 5.49. The number of rotatable bonds is 6. The second-order valence-electron chi connectivity index (χ2n) is 8.08. The molecule has 0 bridgehead atoms. The SMILES string of the molecule is N#Cc1ccc2nccc(Nc3cc(F)cc(C(=O)Nc4cccc(Nc5ccccc5)c4)c3)c2c1. The number of pyridine rings is 1. The molecule has 6 nitrogen and oxygen atoms in total. The van der Waals surface area contributed by atoms with E-state index in [2.05, 4.69) is 27.0 Å². The summed E-state index contributed by atoms with van der Waals surface area (Å²) in [6, 6.07) is 30.0. The Kier molecular flexibility index (Phi) is 6.24. The number of hydrogen-bond acceptors (Lipinski definition) is 5. The van der Waals surface area contributed by atoms with Gasteiger partial charge in [-0.1, -0.05) is 24.3 Å². The monoisotopic (exact) mass is 473 g/mol. The molecule has 3 N–H and O–H groups in total. The molecule has 5 aromatic rings. The van der Waals surface area contributed by atoms with Crippen molar-refractivity contribution < 1.29 is 9.18 Å². The Hall–Kier alpha value is -5.22. The van der Waals surface area contributed by atoms with Gasteiger partial charge >= 0.3 is 0 Å². The number of aromatic nitrogens is 1. The summed E-state index contributed by atoms with van der Waals surface area (Å²) in [6.07, 6.45) is 1.63. The number of carbonyl (C=O) groups excluding carboxylic acids is 1. The van der Waals surface area contributed by atoms with Crippen LogP contribution >= 0.6 is 0 Å². The highest BCUT2D eigenvalue weighted by atomic mass is 19.1. The summed E-state index contributed by atoms with van der Waals surface area (Å²) in [5.74, 6) is -0.999. The number of amides is 1. The Bertz CT molecular complexity index is 1610. The van der Waals surface area contributed by atoms with Crippen LogP contribution in [0.1, 0.15) is 15.9 Å². The van der Waals surface area contributed by atoms with E-state index in [1.165, 1.54) is 12.1 Å². The number of benzene rings is 4. The fourth-order valence-electron chi connectivity index (χ4n) is 3.84. The molecule has 0 atom stereocenters. The molecular formula is C29H20FN5O. The zero-order valence-corrected chi connectivity index (χ0v) is 19.0. The van der Waals surface area contributed by atoms with Gasteiger partial charge < -0.3 is 16.0 Å². The minimum atomic E-state index is -0.555. The fourth-order valence-corrected chi connectivity index (χ4v) is 3.84. The van der Waals surface area contributed by atoms with Crippen molar-refractivity contribution in [1.29, 1.82) is 5.26 Å². The largest absolute Gasteiger partial charge is 0.355 e. The van der Waals surface area contributed by atoms with Crippen LogP contribution in [0.5, 0.6) is 0 Å². The number of halogens is 1. The fraction of sp³-hybridized carbons (Fsp3) is 0. The number of fused-ring (bicyclic) bond motifs is 1. The molecule has 0 fully saturated rings. The Morgan fingerprint density at radius 3 is 2.42 bits per heavy atom. The first-order valence-corrected chi connectivity index (χ1v) is 11.2. The van der Waals surface area contributed by atoms with E-state index < -0.39 is 11.7 Å². The lowest BCUT2D eigenvalue weighted by atomic mass is 10.1. The highest BCUT2D eigenvalue weighted by Crippen LogP contribution is 2.27. The second kappa shape index (κ2) is 9.95. The Balaban J connectivity index is 1.37. The van der Waals surface area contributed by atoms with Crippen LogP contribution in [0.4, 0.5) is 32.8 Å². The number of para-hydroxylation sites is 1. The Morgan fingerprint density at radius 2 is 1.58 bits per heavy atom. The minimum Gasteiger partial charge on any atom is -0.355 e. The molecule has 5 rings (SSSR count). The summed E-state index contributed by atoms with van der Waals surface area (Å²) in [5.41, 5.74) is 4.69. The number of anilines is 5. The molecule has 1 aromatic heterocycles. The number of hydrogen-bond donors (Lipinski definition) is 3. The van der Waals surface area contributed by atoms with Crippen LogP contribution in [-0.2, 0) is 0 Å². The molecule has 0 aliphatic carbocycles. The number of nitrogens with one attached hydrogen (secondary N) is 3. The normalized spacial score (nSPS) is 10.4. The molecule has 0 saturated carbocycles. The smallest absolute Gasteiger partial charge is 0.255 e. The summed E-state index contributed by atoms with van der Waals surface area (Å²) in [6.45, 7) is 0. The van der Waals surface area contributed by atoms with Gasteiger partial charge in [0.1, 0.15) is 5.82 Å². The van der Waals surface area contributed by atoms with Gasteiger partial charge in [-0.05, 0) is 72.8 Å². The summed E-state index contributed by atoms with van der Waals surface area (Å²) in [5, 5.41) is 19.2. The number of carbonyl (C=O) groups is 1. The van der Waals surface area contributed by atoms with Crippen molar-refractivity contribution in [2.45, 2.75) is 0 Å². The average molecular weight is 474 g/mol. The van der Waals surface area contributed by atoms with Crippen molar-refractivity contribution in [1.82, 2.24) is 4.98 Å². The maximum absolute atomic E-state index is 14.5. The van der Waals surface area contributed by atoms with Gasteiger partial charge in [-0.15, -0.1) is 0 Å². The summed E-state index contributed by atoms with van der Waals surface area (Å²) in [7, 11) is 0. The zero-order chi connectivity index (χ0) is 24.9. The average Bonchev–Trinajstić information content (AvgIpc) is 2.89.